The second kappa shape index (κ2) is 16.5. The van der Waals surface area contributed by atoms with Crippen LogP contribution in [0.3, 0.4) is 0 Å². The largest absolute Gasteiger partial charge is 0.508 e. The van der Waals surface area contributed by atoms with Gasteiger partial charge in [0, 0.05) is 28.3 Å². The predicted octanol–water partition coefficient (Wildman–Crippen LogP) is 6.35. The predicted molar refractivity (Wildman–Crippen MR) is 117 cm³/mol. The third kappa shape index (κ3) is 20.5. The normalized spacial score (nSPS) is 12.8. The minimum absolute atomic E-state index is 0.287. The molecule has 0 bridgehead atoms. The lowest BCUT2D eigenvalue weighted by molar-refractivity contribution is 0.0527. The van der Waals surface area contributed by atoms with Gasteiger partial charge in [-0.2, -0.15) is 35.3 Å². The van der Waals surface area contributed by atoms with E-state index in [4.69, 9.17) is 9.47 Å². The number of rotatable bonds is 15. The van der Waals surface area contributed by atoms with E-state index in [2.05, 4.69) is 46.4 Å². The van der Waals surface area contributed by atoms with Gasteiger partial charge in [0.15, 0.2) is 0 Å². The summed E-state index contributed by atoms with van der Waals surface area (Å²) in [4.78, 5) is 11.4. The Morgan fingerprint density at radius 1 is 0.920 bits per heavy atom. The lowest BCUT2D eigenvalue weighted by atomic mass is 9.91. The van der Waals surface area contributed by atoms with Crippen LogP contribution in [0.5, 0.6) is 0 Å². The van der Waals surface area contributed by atoms with Crippen LogP contribution in [0, 0.1) is 5.41 Å². The van der Waals surface area contributed by atoms with Crippen molar-refractivity contribution in [2.24, 2.45) is 5.41 Å². The first-order chi connectivity index (χ1) is 11.8. The van der Waals surface area contributed by atoms with Gasteiger partial charge in [-0.15, -0.1) is 0 Å². The number of ether oxygens (including phenoxy) is 2. The SMILES string of the molecule is CCC(C)SCCSCCSCCCOC(=O)OCCCC(C)(C)C. The maximum absolute atomic E-state index is 11.4. The van der Waals surface area contributed by atoms with Crippen molar-refractivity contribution >= 4 is 41.4 Å². The standard InChI is InChI=1S/C19H38O3S3/c1-6-17(2)25-16-15-24-14-13-23-12-8-11-22-18(20)21-10-7-9-19(3,4)5/h17H,6-16H2,1-5H3. The second-order valence-electron chi connectivity index (χ2n) is 7.28. The summed E-state index contributed by atoms with van der Waals surface area (Å²) in [6.07, 6.45) is 3.58. The molecule has 0 aromatic carbocycles. The number of hydrogen-bond donors (Lipinski definition) is 0. The Balaban J connectivity index is 3.23. The van der Waals surface area contributed by atoms with Crippen LogP contribution in [0.25, 0.3) is 0 Å². The molecular weight excluding hydrogens is 372 g/mol. The third-order valence-electron chi connectivity index (χ3n) is 3.52. The van der Waals surface area contributed by atoms with Crippen LogP contribution in [-0.2, 0) is 9.47 Å². The van der Waals surface area contributed by atoms with Crippen LogP contribution in [0.15, 0.2) is 0 Å². The molecule has 0 rings (SSSR count). The Hall–Kier alpha value is 0.320. The van der Waals surface area contributed by atoms with Crippen LogP contribution in [0.1, 0.15) is 60.3 Å². The summed E-state index contributed by atoms with van der Waals surface area (Å²) in [5.41, 5.74) is 0.287. The summed E-state index contributed by atoms with van der Waals surface area (Å²) in [5.74, 6) is 5.94. The fourth-order valence-corrected chi connectivity index (χ4v) is 5.03. The lowest BCUT2D eigenvalue weighted by Crippen LogP contribution is -2.12. The van der Waals surface area contributed by atoms with E-state index in [9.17, 15) is 4.79 Å². The quantitative estimate of drug-likeness (QED) is 0.231. The fraction of sp³-hybridized carbons (Fsp3) is 0.947. The summed E-state index contributed by atoms with van der Waals surface area (Å²) in [7, 11) is 0. The van der Waals surface area contributed by atoms with Crippen molar-refractivity contribution in [2.75, 3.05) is 42.0 Å². The average Bonchev–Trinajstić information content (AvgIpc) is 2.55. The van der Waals surface area contributed by atoms with E-state index >= 15 is 0 Å². The zero-order valence-electron chi connectivity index (χ0n) is 16.8. The van der Waals surface area contributed by atoms with E-state index in [0.29, 0.717) is 13.2 Å². The highest BCUT2D eigenvalue weighted by Gasteiger charge is 2.10. The van der Waals surface area contributed by atoms with Gasteiger partial charge in [-0.25, -0.2) is 4.79 Å². The smallest absolute Gasteiger partial charge is 0.434 e. The Kier molecular flexibility index (Phi) is 16.7. The van der Waals surface area contributed by atoms with Gasteiger partial charge in [-0.1, -0.05) is 34.6 Å². The van der Waals surface area contributed by atoms with Gasteiger partial charge in [0.05, 0.1) is 13.2 Å². The molecule has 0 aliphatic heterocycles. The Morgan fingerprint density at radius 2 is 1.48 bits per heavy atom. The highest BCUT2D eigenvalue weighted by atomic mass is 32.2. The van der Waals surface area contributed by atoms with Gasteiger partial charge in [-0.05, 0) is 36.9 Å². The maximum Gasteiger partial charge on any atom is 0.508 e. The Bertz CT molecular complexity index is 320. The molecule has 0 saturated heterocycles. The molecule has 0 aliphatic carbocycles. The van der Waals surface area contributed by atoms with E-state index in [1.165, 1.54) is 29.4 Å². The van der Waals surface area contributed by atoms with E-state index in [0.717, 1.165) is 30.3 Å². The van der Waals surface area contributed by atoms with Crippen molar-refractivity contribution in [1.82, 2.24) is 0 Å². The van der Waals surface area contributed by atoms with Gasteiger partial charge in [0.25, 0.3) is 0 Å². The van der Waals surface area contributed by atoms with Crippen molar-refractivity contribution in [3.63, 3.8) is 0 Å². The lowest BCUT2D eigenvalue weighted by Gasteiger charge is -2.17. The minimum Gasteiger partial charge on any atom is -0.434 e. The highest BCUT2D eigenvalue weighted by Crippen LogP contribution is 2.20. The van der Waals surface area contributed by atoms with Crippen molar-refractivity contribution in [3.05, 3.63) is 0 Å². The molecular formula is C19H38O3S3. The molecule has 3 nitrogen and oxygen atoms in total. The average molecular weight is 411 g/mol. The number of hydrogen-bond acceptors (Lipinski definition) is 6. The second-order valence-corrected chi connectivity index (χ2v) is 11.3. The van der Waals surface area contributed by atoms with E-state index in [-0.39, 0.29) is 5.41 Å². The Labute approximate surface area is 168 Å². The highest BCUT2D eigenvalue weighted by molar-refractivity contribution is 8.04. The first-order valence-electron chi connectivity index (χ1n) is 9.42. The monoisotopic (exact) mass is 410 g/mol. The number of carbonyl (C=O) groups is 1. The van der Waals surface area contributed by atoms with E-state index in [1.54, 1.807) is 0 Å². The van der Waals surface area contributed by atoms with Crippen LogP contribution >= 0.6 is 35.3 Å². The topological polar surface area (TPSA) is 35.5 Å². The zero-order valence-corrected chi connectivity index (χ0v) is 19.3. The number of carbonyl (C=O) groups excluding carboxylic acids is 1. The van der Waals surface area contributed by atoms with Gasteiger partial charge in [0.2, 0.25) is 0 Å². The van der Waals surface area contributed by atoms with Gasteiger partial charge in [0.1, 0.15) is 0 Å². The first kappa shape index (κ1) is 25.3. The molecule has 25 heavy (non-hydrogen) atoms. The summed E-state index contributed by atoms with van der Waals surface area (Å²) in [5, 5.41) is 0.792. The molecule has 0 aliphatic rings. The summed E-state index contributed by atoms with van der Waals surface area (Å²) in [6.45, 7) is 12.0. The first-order valence-corrected chi connectivity index (χ1v) is 12.8. The molecule has 0 spiro atoms. The number of thioether (sulfide) groups is 3. The molecule has 0 saturated carbocycles. The molecule has 1 atom stereocenters. The van der Waals surface area contributed by atoms with Crippen LogP contribution in [-0.4, -0.2) is 53.4 Å². The molecule has 150 valence electrons. The molecule has 0 fully saturated rings. The zero-order chi connectivity index (χ0) is 19.0. The van der Waals surface area contributed by atoms with E-state index < -0.39 is 6.16 Å². The van der Waals surface area contributed by atoms with Crippen LogP contribution < -0.4 is 0 Å². The fourth-order valence-electron chi connectivity index (χ4n) is 1.86. The minimum atomic E-state index is -0.520. The Morgan fingerprint density at radius 3 is 2.08 bits per heavy atom. The third-order valence-corrected chi connectivity index (χ3v) is 7.44. The molecule has 1 unspecified atom stereocenters. The summed E-state index contributed by atoms with van der Waals surface area (Å²) >= 11 is 6.05. The van der Waals surface area contributed by atoms with Crippen molar-refractivity contribution in [3.8, 4) is 0 Å². The molecule has 0 radical (unpaired) electrons. The van der Waals surface area contributed by atoms with Crippen molar-refractivity contribution in [2.45, 2.75) is 65.6 Å². The van der Waals surface area contributed by atoms with Crippen LogP contribution in [0.4, 0.5) is 4.79 Å². The summed E-state index contributed by atoms with van der Waals surface area (Å²) in [6, 6.07) is 0. The van der Waals surface area contributed by atoms with Gasteiger partial charge in [-0.3, -0.25) is 0 Å². The van der Waals surface area contributed by atoms with Gasteiger partial charge < -0.3 is 9.47 Å². The molecule has 0 N–H and O–H groups in total. The molecule has 0 aromatic rings. The molecule has 0 aromatic heterocycles. The molecule has 0 amide bonds. The maximum atomic E-state index is 11.4. The van der Waals surface area contributed by atoms with E-state index in [1.807, 2.05) is 23.5 Å². The van der Waals surface area contributed by atoms with Gasteiger partial charge >= 0.3 is 6.16 Å². The molecule has 0 heterocycles. The van der Waals surface area contributed by atoms with Crippen LogP contribution in [0.2, 0.25) is 0 Å². The summed E-state index contributed by atoms with van der Waals surface area (Å²) < 4.78 is 10.2. The van der Waals surface area contributed by atoms with Crippen molar-refractivity contribution < 1.29 is 14.3 Å². The van der Waals surface area contributed by atoms with Crippen molar-refractivity contribution in [1.29, 1.82) is 0 Å². The molecule has 6 heteroatoms.